The normalized spacial score (nSPS) is 10.3. The maximum Gasteiger partial charge on any atom is 0.203 e. The summed E-state index contributed by atoms with van der Waals surface area (Å²) in [5.74, 6) is 1.91. The van der Waals surface area contributed by atoms with Gasteiger partial charge in [0.2, 0.25) is 5.75 Å². The van der Waals surface area contributed by atoms with Crippen molar-refractivity contribution in [2.75, 3.05) is 33.8 Å². The Hall–Kier alpha value is -2.40. The van der Waals surface area contributed by atoms with Gasteiger partial charge in [-0.25, -0.2) is 0 Å². The highest BCUT2D eigenvalue weighted by Crippen LogP contribution is 2.40. The van der Waals surface area contributed by atoms with Gasteiger partial charge < -0.3 is 24.3 Å². The van der Waals surface area contributed by atoms with E-state index in [4.69, 9.17) is 18.9 Å². The third-order valence-corrected chi connectivity index (χ3v) is 3.57. The van der Waals surface area contributed by atoms with Gasteiger partial charge in [0, 0.05) is 30.5 Å². The van der Waals surface area contributed by atoms with Crippen molar-refractivity contribution in [3.63, 3.8) is 0 Å². The fourth-order valence-corrected chi connectivity index (χ4v) is 2.47. The third-order valence-electron chi connectivity index (χ3n) is 3.57. The molecule has 1 N–H and O–H groups in total. The second-order valence-electron chi connectivity index (χ2n) is 4.94. The molecule has 2 rings (SSSR count). The lowest BCUT2D eigenvalue weighted by Crippen LogP contribution is -2.06. The molecular weight excluding hydrogens is 294 g/mol. The van der Waals surface area contributed by atoms with Crippen LogP contribution in [0.4, 0.5) is 5.69 Å². The third kappa shape index (κ3) is 3.87. The monoisotopic (exact) mass is 317 g/mol. The molecule has 0 spiro atoms. The zero-order valence-corrected chi connectivity index (χ0v) is 14.0. The van der Waals surface area contributed by atoms with Crippen molar-refractivity contribution in [1.29, 1.82) is 0 Å². The number of para-hydroxylation sites is 1. The minimum Gasteiger partial charge on any atom is -0.493 e. The van der Waals surface area contributed by atoms with E-state index in [9.17, 15) is 0 Å². The van der Waals surface area contributed by atoms with Crippen LogP contribution in [0.1, 0.15) is 11.1 Å². The van der Waals surface area contributed by atoms with Crippen molar-refractivity contribution >= 4 is 5.69 Å². The van der Waals surface area contributed by atoms with Crippen LogP contribution in [0, 0.1) is 0 Å². The maximum atomic E-state index is 5.51. The van der Waals surface area contributed by atoms with Crippen LogP contribution in [0.25, 0.3) is 0 Å². The number of benzene rings is 2. The van der Waals surface area contributed by atoms with Crippen molar-refractivity contribution < 1.29 is 18.9 Å². The fourth-order valence-electron chi connectivity index (χ4n) is 2.47. The van der Waals surface area contributed by atoms with Crippen molar-refractivity contribution in [3.05, 3.63) is 47.5 Å². The molecule has 0 saturated heterocycles. The van der Waals surface area contributed by atoms with Crippen LogP contribution in [0.2, 0.25) is 0 Å². The average molecular weight is 317 g/mol. The number of hydrogen-bond acceptors (Lipinski definition) is 5. The Kier molecular flexibility index (Phi) is 6.11. The molecule has 0 aliphatic rings. The van der Waals surface area contributed by atoms with Crippen molar-refractivity contribution in [3.8, 4) is 17.2 Å². The first kappa shape index (κ1) is 17.0. The predicted molar refractivity (Wildman–Crippen MR) is 90.6 cm³/mol. The number of nitrogens with one attached hydrogen (secondary N) is 1. The van der Waals surface area contributed by atoms with E-state index in [1.165, 1.54) is 0 Å². The molecule has 0 saturated carbocycles. The largest absolute Gasteiger partial charge is 0.493 e. The Labute approximate surface area is 137 Å². The molecule has 0 bridgehead atoms. The van der Waals surface area contributed by atoms with E-state index in [-0.39, 0.29) is 0 Å². The van der Waals surface area contributed by atoms with Gasteiger partial charge in [-0.05, 0) is 18.2 Å². The molecule has 0 aliphatic carbocycles. The first-order valence-electron chi connectivity index (χ1n) is 7.33. The topological polar surface area (TPSA) is 49.0 Å². The second-order valence-corrected chi connectivity index (χ2v) is 4.94. The number of anilines is 1. The van der Waals surface area contributed by atoms with Crippen LogP contribution in [-0.2, 0) is 17.9 Å². The molecule has 2 aromatic rings. The Morgan fingerprint density at radius 2 is 1.52 bits per heavy atom. The summed E-state index contributed by atoms with van der Waals surface area (Å²) in [6.07, 6.45) is 0. The number of methoxy groups -OCH3 is 4. The van der Waals surface area contributed by atoms with Crippen LogP contribution in [-0.4, -0.2) is 28.4 Å². The first-order chi connectivity index (χ1) is 11.2. The molecule has 0 amide bonds. The molecule has 2 aromatic carbocycles. The van der Waals surface area contributed by atoms with Gasteiger partial charge in [-0.3, -0.25) is 0 Å². The van der Waals surface area contributed by atoms with E-state index in [0.29, 0.717) is 30.4 Å². The number of rotatable bonds is 8. The molecule has 0 aromatic heterocycles. The van der Waals surface area contributed by atoms with Gasteiger partial charge in [-0.15, -0.1) is 0 Å². The predicted octanol–water partition coefficient (Wildman–Crippen LogP) is 3.47. The molecule has 0 heterocycles. The SMILES string of the molecule is COCc1ccccc1NCc1ccc(OC)c(OC)c1OC. The summed E-state index contributed by atoms with van der Waals surface area (Å²) in [5, 5.41) is 3.42. The van der Waals surface area contributed by atoms with E-state index in [1.54, 1.807) is 28.4 Å². The smallest absolute Gasteiger partial charge is 0.203 e. The van der Waals surface area contributed by atoms with Gasteiger partial charge in [0.15, 0.2) is 11.5 Å². The molecule has 0 atom stereocenters. The van der Waals surface area contributed by atoms with Crippen molar-refractivity contribution in [2.45, 2.75) is 13.2 Å². The van der Waals surface area contributed by atoms with Gasteiger partial charge in [-0.2, -0.15) is 0 Å². The molecule has 0 radical (unpaired) electrons. The minimum atomic E-state index is 0.562. The van der Waals surface area contributed by atoms with Crippen LogP contribution < -0.4 is 19.5 Å². The average Bonchev–Trinajstić information content (AvgIpc) is 2.60. The van der Waals surface area contributed by atoms with E-state index in [1.807, 2.05) is 36.4 Å². The molecule has 0 aliphatic heterocycles. The quantitative estimate of drug-likeness (QED) is 0.808. The standard InChI is InChI=1S/C18H23NO4/c1-20-12-14-7-5-6-8-15(14)19-11-13-9-10-16(21-2)18(23-4)17(13)22-3/h5-10,19H,11-12H2,1-4H3. The number of hydrogen-bond donors (Lipinski definition) is 1. The summed E-state index contributed by atoms with van der Waals surface area (Å²) >= 11 is 0. The highest BCUT2D eigenvalue weighted by atomic mass is 16.5. The molecule has 0 unspecified atom stereocenters. The summed E-state index contributed by atoms with van der Waals surface area (Å²) in [6, 6.07) is 11.9. The molecule has 5 nitrogen and oxygen atoms in total. The van der Waals surface area contributed by atoms with Crippen LogP contribution in [0.5, 0.6) is 17.2 Å². The second kappa shape index (κ2) is 8.29. The summed E-state index contributed by atoms with van der Waals surface area (Å²) in [4.78, 5) is 0. The Morgan fingerprint density at radius 1 is 0.783 bits per heavy atom. The maximum absolute atomic E-state index is 5.51. The zero-order chi connectivity index (χ0) is 16.7. The lowest BCUT2D eigenvalue weighted by Gasteiger charge is -2.17. The molecular formula is C18H23NO4. The lowest BCUT2D eigenvalue weighted by atomic mass is 10.1. The van der Waals surface area contributed by atoms with Gasteiger partial charge in [-0.1, -0.05) is 18.2 Å². The lowest BCUT2D eigenvalue weighted by molar-refractivity contribution is 0.185. The zero-order valence-electron chi connectivity index (χ0n) is 14.0. The van der Waals surface area contributed by atoms with Gasteiger partial charge in [0.05, 0.1) is 27.9 Å². The van der Waals surface area contributed by atoms with Gasteiger partial charge in [0.25, 0.3) is 0 Å². The summed E-state index contributed by atoms with van der Waals surface area (Å²) in [6.45, 7) is 1.16. The fraction of sp³-hybridized carbons (Fsp3) is 0.333. The summed E-state index contributed by atoms with van der Waals surface area (Å²) < 4.78 is 21.5. The highest BCUT2D eigenvalue weighted by Gasteiger charge is 2.15. The molecule has 0 fully saturated rings. The van der Waals surface area contributed by atoms with Crippen LogP contribution in [0.3, 0.4) is 0 Å². The van der Waals surface area contributed by atoms with Crippen LogP contribution >= 0.6 is 0 Å². The van der Waals surface area contributed by atoms with Crippen LogP contribution in [0.15, 0.2) is 36.4 Å². The molecule has 124 valence electrons. The van der Waals surface area contributed by atoms with Gasteiger partial charge >= 0.3 is 0 Å². The highest BCUT2D eigenvalue weighted by molar-refractivity contribution is 5.58. The van der Waals surface area contributed by atoms with E-state index in [0.717, 1.165) is 16.8 Å². The van der Waals surface area contributed by atoms with Crippen molar-refractivity contribution in [2.24, 2.45) is 0 Å². The summed E-state index contributed by atoms with van der Waals surface area (Å²) in [5.41, 5.74) is 3.12. The molecule has 5 heteroatoms. The van der Waals surface area contributed by atoms with E-state index < -0.39 is 0 Å². The minimum absolute atomic E-state index is 0.562. The first-order valence-corrected chi connectivity index (χ1v) is 7.33. The van der Waals surface area contributed by atoms with E-state index in [2.05, 4.69) is 5.32 Å². The Balaban J connectivity index is 2.24. The van der Waals surface area contributed by atoms with E-state index >= 15 is 0 Å². The Bertz CT molecular complexity index is 643. The van der Waals surface area contributed by atoms with Gasteiger partial charge in [0.1, 0.15) is 0 Å². The van der Waals surface area contributed by atoms with Crippen molar-refractivity contribution in [1.82, 2.24) is 0 Å². The number of ether oxygens (including phenoxy) is 4. The molecule has 23 heavy (non-hydrogen) atoms. The Morgan fingerprint density at radius 3 is 2.17 bits per heavy atom. The summed E-state index contributed by atoms with van der Waals surface area (Å²) in [7, 11) is 6.52.